The maximum Gasteiger partial charge on any atom is 0.267 e. The Balaban J connectivity index is 2.22. The Bertz CT molecular complexity index is 598. The summed E-state index contributed by atoms with van der Waals surface area (Å²) in [5.41, 5.74) is 2.78. The van der Waals surface area contributed by atoms with Crippen molar-refractivity contribution in [2.45, 2.75) is 19.3 Å². The molecule has 0 aromatic heterocycles. The molecule has 1 amide bonds. The molecule has 23 heavy (non-hydrogen) atoms. The van der Waals surface area contributed by atoms with Crippen molar-refractivity contribution in [2.75, 3.05) is 26.7 Å². The highest BCUT2D eigenvalue weighted by Gasteiger charge is 2.15. The zero-order valence-corrected chi connectivity index (χ0v) is 13.2. The topological polar surface area (TPSA) is 78.9 Å². The van der Waals surface area contributed by atoms with Crippen molar-refractivity contribution in [1.29, 1.82) is 0 Å². The predicted octanol–water partition coefficient (Wildman–Crippen LogP) is 1.88. The molecular weight excluding hydrogens is 296 g/mol. The molecule has 0 radical (unpaired) electrons. The van der Waals surface area contributed by atoms with Gasteiger partial charge in [-0.25, -0.2) is 5.48 Å². The van der Waals surface area contributed by atoms with Gasteiger partial charge in [0.25, 0.3) is 5.91 Å². The van der Waals surface area contributed by atoms with Gasteiger partial charge in [0, 0.05) is 19.0 Å². The first-order valence-electron chi connectivity index (χ1n) is 7.71. The second kappa shape index (κ2) is 8.45. The second-order valence-electron chi connectivity index (χ2n) is 5.60. The number of hydrogen-bond acceptors (Lipinski definition) is 5. The molecule has 0 aliphatic carbocycles. The number of Topliss-reactive ketones (excluding diaryl/α,β-unsaturated/α-hetero) is 1. The summed E-state index contributed by atoms with van der Waals surface area (Å²) in [6.07, 6.45) is 4.92. The summed E-state index contributed by atoms with van der Waals surface area (Å²) in [5.74, 6) is 0.00704. The van der Waals surface area contributed by atoms with Crippen LogP contribution in [0.2, 0.25) is 0 Å². The number of nitrogens with zero attached hydrogens (tertiary/aromatic N) is 1. The van der Waals surface area contributed by atoms with Crippen LogP contribution < -0.4 is 10.2 Å². The van der Waals surface area contributed by atoms with Crippen molar-refractivity contribution < 1.29 is 19.5 Å². The van der Waals surface area contributed by atoms with Gasteiger partial charge in [0.1, 0.15) is 5.75 Å². The van der Waals surface area contributed by atoms with E-state index < -0.39 is 5.91 Å². The molecule has 1 heterocycles. The van der Waals surface area contributed by atoms with Crippen molar-refractivity contribution >= 4 is 17.8 Å². The fraction of sp³-hybridized carbons (Fsp3) is 0.412. The van der Waals surface area contributed by atoms with E-state index in [-0.39, 0.29) is 5.78 Å². The maximum absolute atomic E-state index is 12.4. The second-order valence-corrected chi connectivity index (χ2v) is 5.60. The van der Waals surface area contributed by atoms with Crippen molar-refractivity contribution in [1.82, 2.24) is 10.4 Å². The monoisotopic (exact) mass is 318 g/mol. The van der Waals surface area contributed by atoms with E-state index in [1.54, 1.807) is 18.2 Å². The number of nitrogens with one attached hydrogen (secondary N) is 1. The van der Waals surface area contributed by atoms with Crippen molar-refractivity contribution in [3.8, 4) is 5.75 Å². The molecular formula is C17H22N2O4. The average Bonchev–Trinajstić information content (AvgIpc) is 2.59. The number of ether oxygens (including phenoxy) is 1. The summed E-state index contributed by atoms with van der Waals surface area (Å²) >= 11 is 0. The van der Waals surface area contributed by atoms with Gasteiger partial charge in [-0.15, -0.1) is 0 Å². The number of benzene rings is 1. The smallest absolute Gasteiger partial charge is 0.267 e. The third-order valence-corrected chi connectivity index (χ3v) is 3.73. The normalized spacial score (nSPS) is 17.2. The fourth-order valence-electron chi connectivity index (χ4n) is 2.48. The fourth-order valence-corrected chi connectivity index (χ4v) is 2.48. The number of hydroxylamine groups is 1. The van der Waals surface area contributed by atoms with E-state index in [1.165, 1.54) is 17.6 Å². The van der Waals surface area contributed by atoms with E-state index in [1.807, 2.05) is 7.05 Å². The van der Waals surface area contributed by atoms with Crippen LogP contribution in [0.4, 0.5) is 0 Å². The summed E-state index contributed by atoms with van der Waals surface area (Å²) in [6, 6.07) is 5.25. The zero-order chi connectivity index (χ0) is 16.7. The molecule has 0 atom stereocenters. The van der Waals surface area contributed by atoms with Gasteiger partial charge in [-0.05, 0) is 50.2 Å². The molecule has 1 aliphatic rings. The minimum atomic E-state index is -0.618. The molecule has 0 unspecified atom stereocenters. The molecule has 124 valence electrons. The van der Waals surface area contributed by atoms with E-state index >= 15 is 0 Å². The molecule has 1 aromatic rings. The van der Waals surface area contributed by atoms with Gasteiger partial charge in [0.15, 0.2) is 5.78 Å². The van der Waals surface area contributed by atoms with Crippen LogP contribution in [0.3, 0.4) is 0 Å². The lowest BCUT2D eigenvalue weighted by Crippen LogP contribution is -2.22. The highest BCUT2D eigenvalue weighted by atomic mass is 16.5. The summed E-state index contributed by atoms with van der Waals surface area (Å²) in [6.45, 7) is 2.39. The Morgan fingerprint density at radius 1 is 1.35 bits per heavy atom. The van der Waals surface area contributed by atoms with E-state index in [0.29, 0.717) is 29.9 Å². The van der Waals surface area contributed by atoms with Crippen LogP contribution in [0.5, 0.6) is 5.75 Å². The standard InChI is InChI=1S/C17H22N2O4/c1-19-9-2-4-15(20)14-12-13(6-8-17(21)18-22)5-7-16(14)23-11-3-10-19/h5-8,12,22H,2-4,9-11H2,1H3,(H,18,21). The number of ketones is 1. The molecule has 0 bridgehead atoms. The van der Waals surface area contributed by atoms with Gasteiger partial charge in [0.2, 0.25) is 0 Å². The number of carbonyl (C=O) groups is 2. The first kappa shape index (κ1) is 17.2. The molecule has 2 rings (SSSR count). The number of fused-ring (bicyclic) bond motifs is 1. The van der Waals surface area contributed by atoms with Gasteiger partial charge >= 0.3 is 0 Å². The number of amides is 1. The Hall–Kier alpha value is -2.18. The Kier molecular flexibility index (Phi) is 6.31. The van der Waals surface area contributed by atoms with Crippen LogP contribution in [0.25, 0.3) is 6.08 Å². The van der Waals surface area contributed by atoms with Gasteiger partial charge in [-0.1, -0.05) is 6.07 Å². The Morgan fingerprint density at radius 3 is 2.91 bits per heavy atom. The SMILES string of the molecule is CN1CCCOc2ccc(C=CC(=O)NO)cc2C(=O)CCC1. The molecule has 0 fully saturated rings. The summed E-state index contributed by atoms with van der Waals surface area (Å²) in [5, 5.41) is 8.49. The van der Waals surface area contributed by atoms with Crippen molar-refractivity contribution in [3.63, 3.8) is 0 Å². The third kappa shape index (κ3) is 5.19. The molecule has 1 aromatic carbocycles. The first-order valence-corrected chi connectivity index (χ1v) is 7.71. The quantitative estimate of drug-likeness (QED) is 0.494. The largest absolute Gasteiger partial charge is 0.493 e. The van der Waals surface area contributed by atoms with E-state index in [4.69, 9.17) is 9.94 Å². The molecule has 6 nitrogen and oxygen atoms in total. The minimum absolute atomic E-state index is 0.0390. The lowest BCUT2D eigenvalue weighted by molar-refractivity contribution is -0.124. The number of hydrogen-bond donors (Lipinski definition) is 2. The molecule has 1 aliphatic heterocycles. The summed E-state index contributed by atoms with van der Waals surface area (Å²) < 4.78 is 5.75. The van der Waals surface area contributed by atoms with Crippen LogP contribution >= 0.6 is 0 Å². The minimum Gasteiger partial charge on any atom is -0.493 e. The van der Waals surface area contributed by atoms with Crippen molar-refractivity contribution in [2.24, 2.45) is 0 Å². The van der Waals surface area contributed by atoms with Gasteiger partial charge < -0.3 is 9.64 Å². The summed E-state index contributed by atoms with van der Waals surface area (Å²) in [7, 11) is 2.05. The average molecular weight is 318 g/mol. The Morgan fingerprint density at radius 2 is 2.13 bits per heavy atom. The van der Waals surface area contributed by atoms with Gasteiger partial charge in [-0.2, -0.15) is 0 Å². The lowest BCUT2D eigenvalue weighted by Gasteiger charge is -2.15. The molecule has 6 heteroatoms. The van der Waals surface area contributed by atoms with Crippen molar-refractivity contribution in [3.05, 3.63) is 35.4 Å². The van der Waals surface area contributed by atoms with Crippen LogP contribution in [0.15, 0.2) is 24.3 Å². The lowest BCUT2D eigenvalue weighted by atomic mass is 10.0. The third-order valence-electron chi connectivity index (χ3n) is 3.73. The van der Waals surface area contributed by atoms with E-state index in [9.17, 15) is 9.59 Å². The number of rotatable bonds is 2. The van der Waals surface area contributed by atoms with E-state index in [0.717, 1.165) is 25.9 Å². The van der Waals surface area contributed by atoms with E-state index in [2.05, 4.69) is 4.90 Å². The van der Waals surface area contributed by atoms with Crippen LogP contribution in [0, 0.1) is 0 Å². The zero-order valence-electron chi connectivity index (χ0n) is 13.2. The first-order chi connectivity index (χ1) is 11.1. The van der Waals surface area contributed by atoms with Crippen LogP contribution in [-0.2, 0) is 4.79 Å². The molecule has 0 saturated heterocycles. The number of carbonyl (C=O) groups excluding carboxylic acids is 2. The molecule has 0 saturated carbocycles. The Labute approximate surface area is 135 Å². The van der Waals surface area contributed by atoms with Crippen LogP contribution in [-0.4, -0.2) is 48.5 Å². The highest BCUT2D eigenvalue weighted by molar-refractivity contribution is 5.99. The van der Waals surface area contributed by atoms with Gasteiger partial charge in [-0.3, -0.25) is 14.8 Å². The maximum atomic E-state index is 12.4. The highest BCUT2D eigenvalue weighted by Crippen LogP contribution is 2.24. The summed E-state index contributed by atoms with van der Waals surface area (Å²) in [4.78, 5) is 25.7. The molecule has 2 N–H and O–H groups in total. The van der Waals surface area contributed by atoms with Crippen LogP contribution in [0.1, 0.15) is 35.2 Å². The molecule has 0 spiro atoms. The van der Waals surface area contributed by atoms with Gasteiger partial charge in [0.05, 0.1) is 12.2 Å². The predicted molar refractivity (Wildman–Crippen MR) is 86.6 cm³/mol.